The van der Waals surface area contributed by atoms with Crippen molar-refractivity contribution in [3.8, 4) is 0 Å². The van der Waals surface area contributed by atoms with Crippen molar-refractivity contribution >= 4 is 15.5 Å². The van der Waals surface area contributed by atoms with E-state index in [-0.39, 0.29) is 11.8 Å². The van der Waals surface area contributed by atoms with E-state index in [9.17, 15) is 8.42 Å². The van der Waals surface area contributed by atoms with Crippen molar-refractivity contribution in [1.82, 2.24) is 0 Å². The standard InChI is InChI=1S/C13H20N2O2S/c1-2-10-5-6-12-13(8-10)18(16,17)9-11(15-12)4-3-7-14/h5-6,8,11,15H,2-4,7,9,14H2,1H3. The van der Waals surface area contributed by atoms with Crippen LogP contribution in [0, 0.1) is 0 Å². The molecule has 1 aliphatic rings. The molecule has 2 rings (SSSR count). The van der Waals surface area contributed by atoms with Crippen LogP contribution in [0.1, 0.15) is 25.3 Å². The number of hydrogen-bond acceptors (Lipinski definition) is 4. The summed E-state index contributed by atoms with van der Waals surface area (Å²) in [4.78, 5) is 0.450. The van der Waals surface area contributed by atoms with Crippen LogP contribution < -0.4 is 11.1 Å². The van der Waals surface area contributed by atoms with Crippen LogP contribution in [0.5, 0.6) is 0 Å². The Morgan fingerprint density at radius 2 is 2.22 bits per heavy atom. The molecule has 0 fully saturated rings. The van der Waals surface area contributed by atoms with Gasteiger partial charge in [-0.2, -0.15) is 0 Å². The van der Waals surface area contributed by atoms with Gasteiger partial charge in [0.2, 0.25) is 0 Å². The minimum absolute atomic E-state index is 0.0153. The van der Waals surface area contributed by atoms with Gasteiger partial charge in [-0.05, 0) is 43.5 Å². The van der Waals surface area contributed by atoms with E-state index in [1.165, 1.54) is 0 Å². The Hall–Kier alpha value is -1.07. The minimum Gasteiger partial charge on any atom is -0.380 e. The highest BCUT2D eigenvalue weighted by Gasteiger charge is 2.29. The highest BCUT2D eigenvalue weighted by atomic mass is 32.2. The second-order valence-electron chi connectivity index (χ2n) is 4.74. The van der Waals surface area contributed by atoms with E-state index in [1.54, 1.807) is 6.07 Å². The lowest BCUT2D eigenvalue weighted by Crippen LogP contribution is -2.34. The second-order valence-corrected chi connectivity index (χ2v) is 6.74. The van der Waals surface area contributed by atoms with E-state index in [0.717, 1.165) is 30.5 Å². The first kappa shape index (κ1) is 13.4. The molecule has 1 heterocycles. The summed E-state index contributed by atoms with van der Waals surface area (Å²) < 4.78 is 24.5. The van der Waals surface area contributed by atoms with E-state index in [2.05, 4.69) is 5.32 Å². The average Bonchev–Trinajstić information content (AvgIpc) is 2.35. The lowest BCUT2D eigenvalue weighted by molar-refractivity contribution is 0.575. The molecule has 0 amide bonds. The normalized spacial score (nSPS) is 21.1. The minimum atomic E-state index is -3.16. The number of sulfone groups is 1. The van der Waals surface area contributed by atoms with Crippen LogP contribution in [0.15, 0.2) is 23.1 Å². The predicted molar refractivity (Wildman–Crippen MR) is 73.6 cm³/mol. The molecule has 0 saturated carbocycles. The average molecular weight is 268 g/mol. The van der Waals surface area contributed by atoms with Gasteiger partial charge in [-0.3, -0.25) is 0 Å². The molecule has 3 N–H and O–H groups in total. The van der Waals surface area contributed by atoms with Gasteiger partial charge in [-0.25, -0.2) is 8.42 Å². The summed E-state index contributed by atoms with van der Waals surface area (Å²) in [6.07, 6.45) is 2.49. The Kier molecular flexibility index (Phi) is 3.92. The zero-order valence-corrected chi connectivity index (χ0v) is 11.5. The fraction of sp³-hybridized carbons (Fsp3) is 0.538. The molecule has 1 aliphatic heterocycles. The Morgan fingerprint density at radius 1 is 1.44 bits per heavy atom. The zero-order chi connectivity index (χ0) is 13.2. The maximum atomic E-state index is 12.2. The van der Waals surface area contributed by atoms with Gasteiger partial charge >= 0.3 is 0 Å². The van der Waals surface area contributed by atoms with Crippen LogP contribution >= 0.6 is 0 Å². The van der Waals surface area contributed by atoms with E-state index >= 15 is 0 Å². The number of benzene rings is 1. The first-order valence-corrected chi connectivity index (χ1v) is 8.04. The molecule has 18 heavy (non-hydrogen) atoms. The van der Waals surface area contributed by atoms with Gasteiger partial charge in [0.25, 0.3) is 0 Å². The Labute approximate surface area is 108 Å². The maximum absolute atomic E-state index is 12.2. The molecule has 1 unspecified atom stereocenters. The third-order valence-electron chi connectivity index (χ3n) is 3.33. The van der Waals surface area contributed by atoms with Gasteiger partial charge in [0.1, 0.15) is 0 Å². The largest absolute Gasteiger partial charge is 0.380 e. The zero-order valence-electron chi connectivity index (χ0n) is 10.6. The van der Waals surface area contributed by atoms with Crippen molar-refractivity contribution in [3.05, 3.63) is 23.8 Å². The maximum Gasteiger partial charge on any atom is 0.182 e. The Bertz CT molecular complexity index is 526. The fourth-order valence-electron chi connectivity index (χ4n) is 2.30. The molecule has 4 nitrogen and oxygen atoms in total. The predicted octanol–water partition coefficient (Wildman–Crippen LogP) is 1.56. The van der Waals surface area contributed by atoms with Crippen molar-refractivity contribution in [2.75, 3.05) is 17.6 Å². The molecule has 0 aliphatic carbocycles. The smallest absolute Gasteiger partial charge is 0.182 e. The van der Waals surface area contributed by atoms with Crippen LogP contribution in [0.25, 0.3) is 0 Å². The van der Waals surface area contributed by atoms with Crippen molar-refractivity contribution in [1.29, 1.82) is 0 Å². The second kappa shape index (κ2) is 5.28. The van der Waals surface area contributed by atoms with Crippen LogP contribution in [0.3, 0.4) is 0 Å². The number of hydrogen-bond donors (Lipinski definition) is 2. The van der Waals surface area contributed by atoms with Crippen molar-refractivity contribution in [2.45, 2.75) is 37.1 Å². The number of rotatable bonds is 4. The molecule has 1 aromatic carbocycles. The molecule has 1 atom stereocenters. The lowest BCUT2D eigenvalue weighted by atomic mass is 10.1. The third kappa shape index (κ3) is 2.67. The molecule has 5 heteroatoms. The summed E-state index contributed by atoms with van der Waals surface area (Å²) in [5, 5.41) is 3.30. The molecule has 0 aromatic heterocycles. The van der Waals surface area contributed by atoms with E-state index < -0.39 is 9.84 Å². The quantitative estimate of drug-likeness (QED) is 0.869. The highest BCUT2D eigenvalue weighted by molar-refractivity contribution is 7.91. The molecule has 1 aromatic rings. The van der Waals surface area contributed by atoms with Crippen LogP contribution in [-0.4, -0.2) is 26.8 Å². The number of nitrogens with two attached hydrogens (primary N) is 1. The molecule has 0 bridgehead atoms. The number of anilines is 1. The first-order valence-electron chi connectivity index (χ1n) is 6.39. The molecule has 0 radical (unpaired) electrons. The first-order chi connectivity index (χ1) is 8.56. The number of nitrogens with one attached hydrogen (secondary N) is 1. The monoisotopic (exact) mass is 268 g/mol. The van der Waals surface area contributed by atoms with Gasteiger partial charge in [0.15, 0.2) is 9.84 Å². The Balaban J connectivity index is 2.31. The summed E-state index contributed by atoms with van der Waals surface area (Å²) in [5.41, 5.74) is 7.26. The molecular weight excluding hydrogens is 248 g/mol. The van der Waals surface area contributed by atoms with Crippen LogP contribution in [-0.2, 0) is 16.3 Å². The van der Waals surface area contributed by atoms with E-state index in [1.807, 2.05) is 19.1 Å². The summed E-state index contributed by atoms with van der Waals surface area (Å²) in [6, 6.07) is 5.63. The van der Waals surface area contributed by atoms with Gasteiger partial charge in [0, 0.05) is 6.04 Å². The fourth-order valence-corrected chi connectivity index (χ4v) is 4.05. The van der Waals surface area contributed by atoms with Crippen LogP contribution in [0.4, 0.5) is 5.69 Å². The topological polar surface area (TPSA) is 72.2 Å². The summed E-state index contributed by atoms with van der Waals surface area (Å²) in [6.45, 7) is 2.62. The lowest BCUT2D eigenvalue weighted by Gasteiger charge is -2.27. The number of fused-ring (bicyclic) bond motifs is 1. The van der Waals surface area contributed by atoms with Crippen molar-refractivity contribution in [3.63, 3.8) is 0 Å². The van der Waals surface area contributed by atoms with Gasteiger partial charge in [-0.15, -0.1) is 0 Å². The van der Waals surface area contributed by atoms with Gasteiger partial charge < -0.3 is 11.1 Å². The highest BCUT2D eigenvalue weighted by Crippen LogP contribution is 2.30. The third-order valence-corrected chi connectivity index (χ3v) is 5.18. The van der Waals surface area contributed by atoms with Gasteiger partial charge in [0.05, 0.1) is 16.3 Å². The summed E-state index contributed by atoms with van der Waals surface area (Å²) >= 11 is 0. The SMILES string of the molecule is CCc1ccc2c(c1)S(=O)(=O)CC(CCCN)N2. The molecular formula is C13H20N2O2S. The number of aryl methyl sites for hydroxylation is 1. The van der Waals surface area contributed by atoms with Crippen LogP contribution in [0.2, 0.25) is 0 Å². The summed E-state index contributed by atoms with van der Waals surface area (Å²) in [7, 11) is -3.16. The molecule has 0 spiro atoms. The summed E-state index contributed by atoms with van der Waals surface area (Å²) in [5.74, 6) is 0.174. The van der Waals surface area contributed by atoms with E-state index in [4.69, 9.17) is 5.73 Å². The molecule has 100 valence electrons. The van der Waals surface area contributed by atoms with E-state index in [0.29, 0.717) is 11.4 Å². The van der Waals surface area contributed by atoms with Gasteiger partial charge in [-0.1, -0.05) is 13.0 Å². The van der Waals surface area contributed by atoms with Crippen molar-refractivity contribution in [2.24, 2.45) is 5.73 Å². The molecule has 0 saturated heterocycles. The Morgan fingerprint density at radius 3 is 2.89 bits per heavy atom. The van der Waals surface area contributed by atoms with Crippen molar-refractivity contribution < 1.29 is 8.42 Å².